The zero-order valence-electron chi connectivity index (χ0n) is 6.61. The molecule has 0 fully saturated rings. The second kappa shape index (κ2) is 10.6. The minimum absolute atomic E-state index is 0.0324. The van der Waals surface area contributed by atoms with Crippen molar-refractivity contribution < 1.29 is 4.79 Å². The van der Waals surface area contributed by atoms with Gasteiger partial charge in [0, 0.05) is 0 Å². The molecule has 0 spiro atoms. The van der Waals surface area contributed by atoms with Crippen molar-refractivity contribution in [2.45, 2.75) is 33.6 Å². The Morgan fingerprint density at radius 2 is 1.56 bits per heavy atom. The molecule has 0 aromatic rings. The van der Waals surface area contributed by atoms with Crippen LogP contribution < -0.4 is 5.73 Å². The van der Waals surface area contributed by atoms with Crippen LogP contribution in [0.5, 0.6) is 0 Å². The van der Waals surface area contributed by atoms with Crippen LogP contribution in [0, 0.1) is 0 Å². The molecule has 0 saturated carbocycles. The molecule has 9 heavy (non-hydrogen) atoms. The van der Waals surface area contributed by atoms with Crippen molar-refractivity contribution >= 4 is 5.78 Å². The van der Waals surface area contributed by atoms with E-state index in [1.54, 1.807) is 0 Å². The van der Waals surface area contributed by atoms with E-state index in [1.807, 2.05) is 0 Å². The lowest BCUT2D eigenvalue weighted by molar-refractivity contribution is -0.115. The second-order valence-electron chi connectivity index (χ2n) is 1.91. The molecule has 0 atom stereocenters. The Hall–Kier alpha value is -0.370. The Bertz CT molecular complexity index is 59.9. The number of carbonyl (C=O) groups excluding carboxylic acids is 1. The smallest absolute Gasteiger partial charge is 0.143 e. The van der Waals surface area contributed by atoms with Gasteiger partial charge in [0.1, 0.15) is 5.78 Å². The predicted octanol–water partition coefficient (Wildman–Crippen LogP) is 1.34. The average Bonchev–Trinajstić information content (AvgIpc) is 1.89. The van der Waals surface area contributed by atoms with Gasteiger partial charge in [0.25, 0.3) is 0 Å². The molecular weight excluding hydrogens is 114 g/mol. The summed E-state index contributed by atoms with van der Waals surface area (Å²) in [6.45, 7) is 5.99. The Balaban J connectivity index is 0. The second-order valence-corrected chi connectivity index (χ2v) is 1.91. The molecule has 0 aromatic heterocycles. The molecule has 0 radical (unpaired) electrons. The molecule has 0 bridgehead atoms. The fourth-order valence-corrected chi connectivity index (χ4v) is 0. The van der Waals surface area contributed by atoms with Crippen LogP contribution >= 0.6 is 0 Å². The highest BCUT2D eigenvalue weighted by Gasteiger charge is 1.76. The Morgan fingerprint density at radius 1 is 1.33 bits per heavy atom. The minimum atomic E-state index is 0.0324. The van der Waals surface area contributed by atoms with Crippen molar-refractivity contribution in [3.8, 4) is 0 Å². The molecule has 2 N–H and O–H groups in total. The van der Waals surface area contributed by atoms with Crippen LogP contribution in [0.15, 0.2) is 0 Å². The Kier molecular flexibility index (Phi) is 13.4. The van der Waals surface area contributed by atoms with E-state index in [9.17, 15) is 4.79 Å². The third-order valence-corrected chi connectivity index (χ3v) is 0.787. The van der Waals surface area contributed by atoms with Crippen molar-refractivity contribution in [2.75, 3.05) is 6.54 Å². The van der Waals surface area contributed by atoms with Gasteiger partial charge in [-0.05, 0) is 6.92 Å². The van der Waals surface area contributed by atoms with Crippen LogP contribution in [0.1, 0.15) is 33.6 Å². The molecule has 0 aliphatic heterocycles. The first-order valence-corrected chi connectivity index (χ1v) is 3.38. The molecule has 0 aromatic carbocycles. The summed E-state index contributed by atoms with van der Waals surface area (Å²) in [6, 6.07) is 0. The van der Waals surface area contributed by atoms with E-state index < -0.39 is 0 Å². The molecule has 0 unspecified atom stereocenters. The lowest BCUT2D eigenvalue weighted by atomic mass is 10.4. The highest BCUT2D eigenvalue weighted by atomic mass is 16.1. The molecule has 0 heterocycles. The van der Waals surface area contributed by atoms with Crippen LogP contribution in [0.4, 0.5) is 0 Å². The summed E-state index contributed by atoms with van der Waals surface area (Å²) in [5.74, 6) is 0.0324. The predicted molar refractivity (Wildman–Crippen MR) is 40.3 cm³/mol. The van der Waals surface area contributed by atoms with Gasteiger partial charge >= 0.3 is 0 Å². The minimum Gasteiger partial charge on any atom is -0.324 e. The summed E-state index contributed by atoms with van der Waals surface area (Å²) in [5, 5.41) is 0. The molecule has 2 heteroatoms. The normalized spacial score (nSPS) is 7.56. The van der Waals surface area contributed by atoms with E-state index in [-0.39, 0.29) is 12.3 Å². The van der Waals surface area contributed by atoms with Crippen LogP contribution in [0.25, 0.3) is 0 Å². The van der Waals surface area contributed by atoms with E-state index in [4.69, 9.17) is 5.73 Å². The van der Waals surface area contributed by atoms with Crippen molar-refractivity contribution in [1.82, 2.24) is 0 Å². The van der Waals surface area contributed by atoms with Crippen molar-refractivity contribution in [1.29, 1.82) is 0 Å². The SMILES string of the molecule is CC(=O)CN.CCCC. The van der Waals surface area contributed by atoms with Crippen LogP contribution in [-0.2, 0) is 4.79 Å². The number of hydrogen-bond acceptors (Lipinski definition) is 2. The number of carbonyl (C=O) groups is 1. The molecule has 2 nitrogen and oxygen atoms in total. The Morgan fingerprint density at radius 3 is 1.56 bits per heavy atom. The molecule has 56 valence electrons. The molecule has 0 amide bonds. The first-order valence-electron chi connectivity index (χ1n) is 3.38. The number of rotatable bonds is 2. The summed E-state index contributed by atoms with van der Waals surface area (Å²) in [4.78, 5) is 9.69. The zero-order valence-corrected chi connectivity index (χ0v) is 6.61. The monoisotopic (exact) mass is 131 g/mol. The number of nitrogens with two attached hydrogens (primary N) is 1. The topological polar surface area (TPSA) is 43.1 Å². The molecule has 0 saturated heterocycles. The van der Waals surface area contributed by atoms with Gasteiger partial charge in [-0.3, -0.25) is 4.79 Å². The third-order valence-electron chi connectivity index (χ3n) is 0.787. The van der Waals surface area contributed by atoms with E-state index in [0.29, 0.717) is 0 Å². The van der Waals surface area contributed by atoms with E-state index >= 15 is 0 Å². The van der Waals surface area contributed by atoms with E-state index in [1.165, 1.54) is 19.8 Å². The van der Waals surface area contributed by atoms with Gasteiger partial charge < -0.3 is 5.73 Å². The Labute approximate surface area is 57.4 Å². The first-order chi connectivity index (χ1) is 4.18. The van der Waals surface area contributed by atoms with Gasteiger partial charge in [-0.25, -0.2) is 0 Å². The molecule has 0 rings (SSSR count). The first kappa shape index (κ1) is 11.4. The van der Waals surface area contributed by atoms with Crippen molar-refractivity contribution in [2.24, 2.45) is 5.73 Å². The standard InChI is InChI=1S/C4H10.C3H7NO/c1-3-4-2;1-3(5)2-4/h3-4H2,1-2H3;2,4H2,1H3. The molecular formula is C7H17NO. The average molecular weight is 131 g/mol. The lowest BCUT2D eigenvalue weighted by Crippen LogP contribution is -2.07. The van der Waals surface area contributed by atoms with Crippen LogP contribution in [-0.4, -0.2) is 12.3 Å². The summed E-state index contributed by atoms with van der Waals surface area (Å²) < 4.78 is 0. The van der Waals surface area contributed by atoms with Gasteiger partial charge in [-0.1, -0.05) is 26.7 Å². The lowest BCUT2D eigenvalue weighted by Gasteiger charge is -1.73. The van der Waals surface area contributed by atoms with Gasteiger partial charge in [-0.2, -0.15) is 0 Å². The quantitative estimate of drug-likeness (QED) is 0.614. The molecule has 0 aliphatic rings. The zero-order chi connectivity index (χ0) is 7.70. The number of hydrogen-bond donors (Lipinski definition) is 1. The summed E-state index contributed by atoms with van der Waals surface area (Å²) in [5.41, 5.74) is 4.82. The van der Waals surface area contributed by atoms with Crippen LogP contribution in [0.2, 0.25) is 0 Å². The van der Waals surface area contributed by atoms with Crippen molar-refractivity contribution in [3.63, 3.8) is 0 Å². The largest absolute Gasteiger partial charge is 0.324 e. The van der Waals surface area contributed by atoms with E-state index in [2.05, 4.69) is 13.8 Å². The fraction of sp³-hybridized carbons (Fsp3) is 0.857. The van der Waals surface area contributed by atoms with Gasteiger partial charge in [0.2, 0.25) is 0 Å². The maximum Gasteiger partial charge on any atom is 0.143 e. The van der Waals surface area contributed by atoms with Gasteiger partial charge in [0.15, 0.2) is 0 Å². The third kappa shape index (κ3) is 35.0. The van der Waals surface area contributed by atoms with E-state index in [0.717, 1.165) is 0 Å². The summed E-state index contributed by atoms with van der Waals surface area (Å²) in [6.07, 6.45) is 2.64. The number of Topliss-reactive ketones (excluding diaryl/α,β-unsaturated/α-hetero) is 1. The van der Waals surface area contributed by atoms with Crippen molar-refractivity contribution in [3.05, 3.63) is 0 Å². The van der Waals surface area contributed by atoms with Gasteiger partial charge in [-0.15, -0.1) is 0 Å². The highest BCUT2D eigenvalue weighted by Crippen LogP contribution is 1.76. The summed E-state index contributed by atoms with van der Waals surface area (Å²) in [7, 11) is 0. The number of ketones is 1. The highest BCUT2D eigenvalue weighted by molar-refractivity contribution is 5.77. The molecule has 0 aliphatic carbocycles. The van der Waals surface area contributed by atoms with Crippen LogP contribution in [0.3, 0.4) is 0 Å². The number of unbranched alkanes of at least 4 members (excludes halogenated alkanes) is 1. The maximum absolute atomic E-state index is 9.69. The fourth-order valence-electron chi connectivity index (χ4n) is 0. The maximum atomic E-state index is 9.69. The summed E-state index contributed by atoms with van der Waals surface area (Å²) >= 11 is 0. The van der Waals surface area contributed by atoms with Gasteiger partial charge in [0.05, 0.1) is 6.54 Å².